The van der Waals surface area contributed by atoms with E-state index in [4.69, 9.17) is 5.11 Å². The lowest BCUT2D eigenvalue weighted by atomic mass is 10.1. The van der Waals surface area contributed by atoms with E-state index in [1.54, 1.807) is 18.2 Å². The number of carboxylic acids is 1. The fraction of sp³-hybridized carbons (Fsp3) is 0.308. The number of nitrogens with one attached hydrogen (secondary N) is 1. The highest BCUT2D eigenvalue weighted by atomic mass is 16.4. The zero-order valence-corrected chi connectivity index (χ0v) is 10.9. The van der Waals surface area contributed by atoms with E-state index in [0.717, 1.165) is 10.1 Å². The molecule has 1 aromatic heterocycles. The van der Waals surface area contributed by atoms with E-state index < -0.39 is 22.8 Å². The summed E-state index contributed by atoms with van der Waals surface area (Å²) in [6.07, 6.45) is 0. The van der Waals surface area contributed by atoms with E-state index in [2.05, 4.69) is 4.98 Å². The van der Waals surface area contributed by atoms with E-state index in [1.807, 2.05) is 6.92 Å². The van der Waals surface area contributed by atoms with Crippen molar-refractivity contribution in [1.82, 2.24) is 9.55 Å². The average molecular weight is 262 g/mol. The van der Waals surface area contributed by atoms with Crippen LogP contribution in [0.25, 0.3) is 10.9 Å². The van der Waals surface area contributed by atoms with Crippen LogP contribution in [0.2, 0.25) is 0 Å². The minimum atomic E-state index is -1.61. The summed E-state index contributed by atoms with van der Waals surface area (Å²) in [4.78, 5) is 38.0. The van der Waals surface area contributed by atoms with Crippen LogP contribution in [0.5, 0.6) is 0 Å². The number of aliphatic carboxylic acids is 1. The number of carbonyl (C=O) groups is 1. The van der Waals surface area contributed by atoms with E-state index in [-0.39, 0.29) is 0 Å². The van der Waals surface area contributed by atoms with Crippen LogP contribution in [0, 0.1) is 6.92 Å². The number of benzene rings is 1. The summed E-state index contributed by atoms with van der Waals surface area (Å²) in [5.41, 5.74) is -1.68. The van der Waals surface area contributed by atoms with Gasteiger partial charge >= 0.3 is 11.7 Å². The van der Waals surface area contributed by atoms with Crippen LogP contribution >= 0.6 is 0 Å². The monoisotopic (exact) mass is 262 g/mol. The zero-order chi connectivity index (χ0) is 14.4. The maximum absolute atomic E-state index is 12.3. The number of hydrogen-bond acceptors (Lipinski definition) is 3. The number of fused-ring (bicyclic) bond motifs is 1. The number of aromatic nitrogens is 2. The molecule has 2 rings (SSSR count). The Morgan fingerprint density at radius 2 is 1.95 bits per heavy atom. The molecule has 6 heteroatoms. The minimum Gasteiger partial charge on any atom is -0.480 e. The fourth-order valence-corrected chi connectivity index (χ4v) is 1.93. The number of aromatic amines is 1. The molecule has 0 unspecified atom stereocenters. The summed E-state index contributed by atoms with van der Waals surface area (Å²) >= 11 is 0. The van der Waals surface area contributed by atoms with E-state index in [1.165, 1.54) is 13.8 Å². The smallest absolute Gasteiger partial charge is 0.329 e. The number of nitrogens with zero attached hydrogens (tertiary/aromatic N) is 1. The van der Waals surface area contributed by atoms with Gasteiger partial charge in [0.2, 0.25) is 0 Å². The number of aryl methyl sites for hydroxylation is 1. The largest absolute Gasteiger partial charge is 0.480 e. The third-order valence-corrected chi connectivity index (χ3v) is 3.14. The molecule has 0 aliphatic carbocycles. The third kappa shape index (κ3) is 1.95. The first kappa shape index (κ1) is 13.1. The third-order valence-electron chi connectivity index (χ3n) is 3.14. The Labute approximate surface area is 108 Å². The first-order valence-electron chi connectivity index (χ1n) is 5.74. The molecule has 0 amide bonds. The maximum atomic E-state index is 12.3. The van der Waals surface area contributed by atoms with E-state index in [9.17, 15) is 14.4 Å². The molecule has 19 heavy (non-hydrogen) atoms. The molecular formula is C13H14N2O4. The van der Waals surface area contributed by atoms with Gasteiger partial charge in [-0.1, -0.05) is 11.6 Å². The molecule has 0 aliphatic rings. The van der Waals surface area contributed by atoms with Gasteiger partial charge in [0.15, 0.2) is 0 Å². The van der Waals surface area contributed by atoms with Crippen LogP contribution in [-0.4, -0.2) is 20.6 Å². The average Bonchev–Trinajstić information content (AvgIpc) is 2.30. The van der Waals surface area contributed by atoms with Gasteiger partial charge in [-0.25, -0.2) is 14.2 Å². The molecule has 0 spiro atoms. The van der Waals surface area contributed by atoms with Gasteiger partial charge in [0.05, 0.1) is 10.9 Å². The van der Waals surface area contributed by atoms with Crippen LogP contribution in [-0.2, 0) is 10.3 Å². The van der Waals surface area contributed by atoms with Crippen LogP contribution in [0.15, 0.2) is 27.8 Å². The molecule has 0 saturated carbocycles. The lowest BCUT2D eigenvalue weighted by molar-refractivity contribution is -0.146. The van der Waals surface area contributed by atoms with Crippen LogP contribution in [0.4, 0.5) is 0 Å². The second-order valence-corrected chi connectivity index (χ2v) is 4.98. The van der Waals surface area contributed by atoms with Gasteiger partial charge in [-0.2, -0.15) is 0 Å². The molecular weight excluding hydrogens is 248 g/mol. The normalized spacial score (nSPS) is 11.7. The van der Waals surface area contributed by atoms with Crippen molar-refractivity contribution in [3.63, 3.8) is 0 Å². The Kier molecular flexibility index (Phi) is 2.81. The topological polar surface area (TPSA) is 92.2 Å². The SMILES string of the molecule is Cc1ccc2[nH]c(=O)n(C(C)(C)C(=O)O)c(=O)c2c1. The lowest BCUT2D eigenvalue weighted by Gasteiger charge is -2.21. The van der Waals surface area contributed by atoms with E-state index >= 15 is 0 Å². The molecule has 0 saturated heterocycles. The van der Waals surface area contributed by atoms with Gasteiger partial charge in [0.25, 0.3) is 5.56 Å². The van der Waals surface area contributed by atoms with Crippen molar-refractivity contribution in [2.45, 2.75) is 26.3 Å². The van der Waals surface area contributed by atoms with Crippen LogP contribution in [0.1, 0.15) is 19.4 Å². The van der Waals surface area contributed by atoms with Gasteiger partial charge in [0.1, 0.15) is 5.54 Å². The second kappa shape index (κ2) is 4.08. The van der Waals surface area contributed by atoms with Gasteiger partial charge in [-0.3, -0.25) is 4.79 Å². The summed E-state index contributed by atoms with van der Waals surface area (Å²) in [5.74, 6) is -1.24. The predicted molar refractivity (Wildman–Crippen MR) is 70.5 cm³/mol. The highest BCUT2D eigenvalue weighted by Gasteiger charge is 2.33. The van der Waals surface area contributed by atoms with Gasteiger partial charge in [-0.05, 0) is 32.9 Å². The summed E-state index contributed by atoms with van der Waals surface area (Å²) in [6.45, 7) is 4.44. The molecule has 0 radical (unpaired) electrons. The van der Waals surface area contributed by atoms with Gasteiger partial charge in [-0.15, -0.1) is 0 Å². The number of hydrogen-bond donors (Lipinski definition) is 2. The Morgan fingerprint density at radius 3 is 2.53 bits per heavy atom. The van der Waals surface area contributed by atoms with Crippen molar-refractivity contribution in [3.05, 3.63) is 44.6 Å². The van der Waals surface area contributed by atoms with Crippen LogP contribution < -0.4 is 11.2 Å². The molecule has 1 heterocycles. The number of carboxylic acid groups (broad SMARTS) is 1. The fourth-order valence-electron chi connectivity index (χ4n) is 1.93. The Morgan fingerprint density at radius 1 is 1.32 bits per heavy atom. The van der Waals surface area contributed by atoms with Crippen molar-refractivity contribution in [2.24, 2.45) is 0 Å². The molecule has 0 fully saturated rings. The quantitative estimate of drug-likeness (QED) is 0.838. The lowest BCUT2D eigenvalue weighted by Crippen LogP contribution is -2.50. The first-order valence-corrected chi connectivity index (χ1v) is 5.74. The Hall–Kier alpha value is -2.37. The second-order valence-electron chi connectivity index (χ2n) is 4.98. The molecule has 0 aliphatic heterocycles. The first-order chi connectivity index (χ1) is 8.75. The van der Waals surface area contributed by atoms with Crippen molar-refractivity contribution in [1.29, 1.82) is 0 Å². The molecule has 2 N–H and O–H groups in total. The Balaban J connectivity index is 2.95. The van der Waals surface area contributed by atoms with Crippen LogP contribution in [0.3, 0.4) is 0 Å². The molecule has 0 bridgehead atoms. The summed E-state index contributed by atoms with van der Waals surface area (Å²) < 4.78 is 0.733. The highest BCUT2D eigenvalue weighted by Crippen LogP contribution is 2.13. The van der Waals surface area contributed by atoms with Gasteiger partial charge in [0, 0.05) is 0 Å². The molecule has 2 aromatic rings. The molecule has 100 valence electrons. The molecule has 6 nitrogen and oxygen atoms in total. The number of H-pyrrole nitrogens is 1. The Bertz CT molecular complexity index is 783. The number of rotatable bonds is 2. The summed E-state index contributed by atoms with van der Waals surface area (Å²) in [6, 6.07) is 5.03. The van der Waals surface area contributed by atoms with Crippen molar-refractivity contribution < 1.29 is 9.90 Å². The minimum absolute atomic E-state index is 0.300. The van der Waals surface area contributed by atoms with Crippen molar-refractivity contribution in [2.75, 3.05) is 0 Å². The summed E-state index contributed by atoms with van der Waals surface area (Å²) in [5, 5.41) is 9.46. The standard InChI is InChI=1S/C13H14N2O4/c1-7-4-5-9-8(6-7)10(16)15(12(19)14-9)13(2,3)11(17)18/h4-6H,1-3H3,(H,14,19)(H,17,18). The van der Waals surface area contributed by atoms with E-state index in [0.29, 0.717) is 10.9 Å². The van der Waals surface area contributed by atoms with Gasteiger partial charge < -0.3 is 10.1 Å². The summed E-state index contributed by atoms with van der Waals surface area (Å²) in [7, 11) is 0. The predicted octanol–water partition coefficient (Wildman–Crippen LogP) is 0.818. The van der Waals surface area contributed by atoms with Crippen molar-refractivity contribution >= 4 is 16.9 Å². The maximum Gasteiger partial charge on any atom is 0.329 e. The molecule has 1 aromatic carbocycles. The molecule has 0 atom stereocenters. The van der Waals surface area contributed by atoms with Crippen molar-refractivity contribution in [3.8, 4) is 0 Å². The highest BCUT2D eigenvalue weighted by molar-refractivity contribution is 5.80. The zero-order valence-electron chi connectivity index (χ0n) is 10.9.